The number of nitrogens with zero attached hydrogens (tertiary/aromatic N) is 4. The van der Waals surface area contributed by atoms with E-state index >= 15 is 0 Å². The number of hydrogen-bond acceptors (Lipinski definition) is 6. The molecule has 0 bridgehead atoms. The lowest BCUT2D eigenvalue weighted by Gasteiger charge is -2.22. The molecule has 0 unspecified atom stereocenters. The van der Waals surface area contributed by atoms with Gasteiger partial charge in [0.25, 0.3) is 5.56 Å². The highest BCUT2D eigenvalue weighted by molar-refractivity contribution is 5.87. The fourth-order valence-corrected chi connectivity index (χ4v) is 4.05. The van der Waals surface area contributed by atoms with Crippen LogP contribution in [0.5, 0.6) is 0 Å². The number of aromatic nitrogens is 5. The van der Waals surface area contributed by atoms with E-state index in [2.05, 4.69) is 25.3 Å². The van der Waals surface area contributed by atoms with Gasteiger partial charge in [0.2, 0.25) is 5.95 Å². The topological polar surface area (TPSA) is 115 Å². The molecule has 8 nitrogen and oxygen atoms in total. The Morgan fingerprint density at radius 3 is 2.63 bits per heavy atom. The van der Waals surface area contributed by atoms with E-state index in [0.717, 1.165) is 16.7 Å². The number of pyridine rings is 1. The van der Waals surface area contributed by atoms with E-state index in [9.17, 15) is 22.4 Å². The SMILES string of the molecule is C[C@H](Nc1nc(N)nc2nc[nH]c12)c1cc2cccc(C(F)(F)F)c2c(=O)n1-c1cccc(F)c1. The molecule has 1 atom stereocenters. The number of anilines is 2. The van der Waals surface area contributed by atoms with Gasteiger partial charge in [0.1, 0.15) is 11.3 Å². The summed E-state index contributed by atoms with van der Waals surface area (Å²) < 4.78 is 56.4. The first kappa shape index (κ1) is 22.3. The quantitative estimate of drug-likeness (QED) is 0.323. The summed E-state index contributed by atoms with van der Waals surface area (Å²) in [7, 11) is 0. The van der Waals surface area contributed by atoms with Crippen LogP contribution in [0.3, 0.4) is 0 Å². The van der Waals surface area contributed by atoms with Gasteiger partial charge in [-0.05, 0) is 42.6 Å². The van der Waals surface area contributed by atoms with Crippen LogP contribution in [-0.2, 0) is 6.18 Å². The molecule has 3 heterocycles. The Hall–Kier alpha value is -4.48. The first-order valence-electron chi connectivity index (χ1n) is 10.4. The summed E-state index contributed by atoms with van der Waals surface area (Å²) in [4.78, 5) is 28.7. The van der Waals surface area contributed by atoms with Crippen LogP contribution < -0.4 is 16.6 Å². The number of fused-ring (bicyclic) bond motifs is 2. The summed E-state index contributed by atoms with van der Waals surface area (Å²) in [5, 5.41) is 2.69. The zero-order valence-corrected chi connectivity index (χ0v) is 18.1. The van der Waals surface area contributed by atoms with Crippen molar-refractivity contribution in [2.75, 3.05) is 11.1 Å². The predicted octanol–water partition coefficient (Wildman–Crippen LogP) is 4.57. The minimum absolute atomic E-state index is 0.0462. The van der Waals surface area contributed by atoms with E-state index in [1.54, 1.807) is 6.92 Å². The zero-order chi connectivity index (χ0) is 24.9. The molecule has 0 aliphatic heterocycles. The van der Waals surface area contributed by atoms with Crippen LogP contribution in [0.15, 0.2) is 59.7 Å². The van der Waals surface area contributed by atoms with Gasteiger partial charge in [-0.1, -0.05) is 18.2 Å². The van der Waals surface area contributed by atoms with Crippen LogP contribution in [0.25, 0.3) is 27.6 Å². The van der Waals surface area contributed by atoms with Crippen LogP contribution in [0.2, 0.25) is 0 Å². The Balaban J connectivity index is 1.76. The van der Waals surface area contributed by atoms with Crippen molar-refractivity contribution >= 4 is 33.7 Å². The van der Waals surface area contributed by atoms with Gasteiger partial charge in [-0.15, -0.1) is 0 Å². The molecule has 0 fully saturated rings. The first-order valence-corrected chi connectivity index (χ1v) is 10.4. The lowest BCUT2D eigenvalue weighted by atomic mass is 10.0. The Bertz CT molecular complexity index is 1640. The lowest BCUT2D eigenvalue weighted by Crippen LogP contribution is -2.27. The third-order valence-corrected chi connectivity index (χ3v) is 5.55. The predicted molar refractivity (Wildman–Crippen MR) is 123 cm³/mol. The normalized spacial score (nSPS) is 12.8. The van der Waals surface area contributed by atoms with Crippen LogP contribution in [-0.4, -0.2) is 24.5 Å². The zero-order valence-electron chi connectivity index (χ0n) is 18.1. The van der Waals surface area contributed by atoms with Crippen molar-refractivity contribution in [1.82, 2.24) is 24.5 Å². The minimum atomic E-state index is -4.76. The molecule has 178 valence electrons. The standard InChI is InChI=1S/C23H17F4N7O/c1-11(31-20-18-19(30-10-29-18)32-22(28)33-20)16-8-12-4-2-7-15(23(25,26)27)17(12)21(35)34(16)14-6-3-5-13(24)9-14/h2-11H,1H3,(H4,28,29,30,31,32,33)/t11-/m0/s1. The Morgan fingerprint density at radius 2 is 1.89 bits per heavy atom. The molecule has 12 heteroatoms. The van der Waals surface area contributed by atoms with Gasteiger partial charge < -0.3 is 16.0 Å². The molecule has 2 aromatic carbocycles. The molecule has 4 N–H and O–H groups in total. The van der Waals surface area contributed by atoms with Crippen molar-refractivity contribution in [3.63, 3.8) is 0 Å². The molecule has 0 spiro atoms. The van der Waals surface area contributed by atoms with E-state index in [-0.39, 0.29) is 28.5 Å². The maximum absolute atomic E-state index is 14.1. The summed E-state index contributed by atoms with van der Waals surface area (Å²) in [6.45, 7) is 1.69. The van der Waals surface area contributed by atoms with Crippen LogP contribution in [0.4, 0.5) is 29.3 Å². The highest BCUT2D eigenvalue weighted by Crippen LogP contribution is 2.35. The number of nitrogens with one attached hydrogen (secondary N) is 2. The van der Waals surface area contributed by atoms with Gasteiger partial charge in [0.05, 0.1) is 29.0 Å². The molecule has 5 rings (SSSR count). The average molecular weight is 483 g/mol. The second-order valence-corrected chi connectivity index (χ2v) is 7.85. The number of halogens is 4. The molecule has 35 heavy (non-hydrogen) atoms. The second kappa shape index (κ2) is 8.08. The number of hydrogen-bond donors (Lipinski definition) is 3. The number of nitrogen functional groups attached to an aromatic ring is 1. The Labute approximate surface area is 194 Å². The Kier molecular flexibility index (Phi) is 5.15. The van der Waals surface area contributed by atoms with Gasteiger partial charge in [0.15, 0.2) is 11.5 Å². The summed E-state index contributed by atoms with van der Waals surface area (Å²) in [5.74, 6) is -0.414. The van der Waals surface area contributed by atoms with Gasteiger partial charge in [-0.3, -0.25) is 9.36 Å². The molecule has 0 amide bonds. The summed E-state index contributed by atoms with van der Waals surface area (Å²) in [6.07, 6.45) is -3.35. The molecule has 5 aromatic rings. The molecular weight excluding hydrogens is 466 g/mol. The molecular formula is C23H17F4N7O. The molecule has 0 saturated heterocycles. The van der Waals surface area contributed by atoms with E-state index in [1.165, 1.54) is 42.7 Å². The highest BCUT2D eigenvalue weighted by Gasteiger charge is 2.34. The Morgan fingerprint density at radius 1 is 1.11 bits per heavy atom. The highest BCUT2D eigenvalue weighted by atomic mass is 19.4. The first-order chi connectivity index (χ1) is 16.6. The number of benzene rings is 2. The second-order valence-electron chi connectivity index (χ2n) is 7.85. The van der Waals surface area contributed by atoms with Crippen LogP contribution >= 0.6 is 0 Å². The van der Waals surface area contributed by atoms with Crippen molar-refractivity contribution in [1.29, 1.82) is 0 Å². The van der Waals surface area contributed by atoms with Gasteiger partial charge >= 0.3 is 6.18 Å². The fourth-order valence-electron chi connectivity index (χ4n) is 4.05. The molecule has 3 aromatic heterocycles. The number of rotatable bonds is 4. The summed E-state index contributed by atoms with van der Waals surface area (Å²) in [6, 6.07) is 9.35. The molecule has 0 radical (unpaired) electrons. The van der Waals surface area contributed by atoms with Gasteiger partial charge in [0, 0.05) is 5.69 Å². The van der Waals surface area contributed by atoms with E-state index in [1.807, 2.05) is 0 Å². The largest absolute Gasteiger partial charge is 0.417 e. The van der Waals surface area contributed by atoms with Gasteiger partial charge in [-0.25, -0.2) is 9.37 Å². The number of nitrogens with two attached hydrogens (primary N) is 1. The maximum atomic E-state index is 14.1. The number of aromatic amines is 1. The van der Waals surface area contributed by atoms with Crippen molar-refractivity contribution in [2.24, 2.45) is 0 Å². The van der Waals surface area contributed by atoms with Crippen molar-refractivity contribution in [3.8, 4) is 5.69 Å². The van der Waals surface area contributed by atoms with Crippen LogP contribution in [0, 0.1) is 5.82 Å². The molecule has 0 aliphatic rings. The van der Waals surface area contributed by atoms with Crippen molar-refractivity contribution < 1.29 is 17.6 Å². The fraction of sp³-hybridized carbons (Fsp3) is 0.130. The molecule has 0 aliphatic carbocycles. The average Bonchev–Trinajstić information content (AvgIpc) is 3.26. The summed E-state index contributed by atoms with van der Waals surface area (Å²) >= 11 is 0. The van der Waals surface area contributed by atoms with E-state index in [0.29, 0.717) is 11.2 Å². The number of H-pyrrole nitrogens is 1. The van der Waals surface area contributed by atoms with Gasteiger partial charge in [-0.2, -0.15) is 23.1 Å². The van der Waals surface area contributed by atoms with Crippen molar-refractivity contribution in [2.45, 2.75) is 19.1 Å². The lowest BCUT2D eigenvalue weighted by molar-refractivity contribution is -0.136. The third-order valence-electron chi connectivity index (χ3n) is 5.55. The minimum Gasteiger partial charge on any atom is -0.368 e. The van der Waals surface area contributed by atoms with Crippen molar-refractivity contribution in [3.05, 3.63) is 82.3 Å². The molecule has 0 saturated carbocycles. The third kappa shape index (κ3) is 3.92. The summed E-state index contributed by atoms with van der Waals surface area (Å²) in [5.41, 5.74) is 4.88. The number of imidazole rings is 1. The van der Waals surface area contributed by atoms with E-state index in [4.69, 9.17) is 5.73 Å². The van der Waals surface area contributed by atoms with Crippen LogP contribution in [0.1, 0.15) is 24.2 Å². The monoisotopic (exact) mass is 483 g/mol. The van der Waals surface area contributed by atoms with E-state index < -0.39 is 34.5 Å². The maximum Gasteiger partial charge on any atom is 0.417 e. The smallest absolute Gasteiger partial charge is 0.368 e. The number of alkyl halides is 3.